The van der Waals surface area contributed by atoms with Crippen LogP contribution in [0, 0.1) is 13.8 Å². The smallest absolute Gasteiger partial charge is 0.261 e. The number of phenols is 2. The Bertz CT molecular complexity index is 2650. The number of anilines is 4. The summed E-state index contributed by atoms with van der Waals surface area (Å²) in [6.07, 6.45) is 0. The van der Waals surface area contributed by atoms with Gasteiger partial charge in [0.15, 0.2) is 23.1 Å². The molecule has 0 saturated heterocycles. The molecule has 0 amide bonds. The zero-order valence-corrected chi connectivity index (χ0v) is 30.7. The van der Waals surface area contributed by atoms with Crippen molar-refractivity contribution in [3.05, 3.63) is 143 Å². The summed E-state index contributed by atoms with van der Waals surface area (Å²) >= 11 is 0. The number of ketones is 2. The van der Waals surface area contributed by atoms with Crippen LogP contribution in [0.5, 0.6) is 34.5 Å². The summed E-state index contributed by atoms with van der Waals surface area (Å²) in [7, 11) is -6.37. The minimum atomic E-state index is -4.38. The lowest BCUT2D eigenvalue weighted by Gasteiger charge is -2.27. The third-order valence-electron chi connectivity index (χ3n) is 8.71. The summed E-state index contributed by atoms with van der Waals surface area (Å²) in [5.74, 6) is -1.76. The summed E-state index contributed by atoms with van der Waals surface area (Å²) in [4.78, 5) is 29.9. The topological polar surface area (TPSA) is 220 Å². The lowest BCUT2D eigenvalue weighted by molar-refractivity contribution is 0.0981. The number of nitrogen functional groups attached to an aromatic ring is 2. The maximum atomic E-state index is 14.9. The molecule has 6 aromatic carbocycles. The first kappa shape index (κ1) is 36.5. The van der Waals surface area contributed by atoms with Crippen LogP contribution in [0.3, 0.4) is 0 Å². The van der Waals surface area contributed by atoms with Gasteiger partial charge in [-0.1, -0.05) is 35.4 Å². The van der Waals surface area contributed by atoms with Crippen LogP contribution in [0.1, 0.15) is 43.0 Å². The predicted octanol–water partition coefficient (Wildman–Crippen LogP) is 7.17. The number of aromatic hydroxyl groups is 2. The Morgan fingerprint density at radius 3 is 1.51 bits per heavy atom. The number of nitrogens with one attached hydrogen (secondary N) is 2. The highest BCUT2D eigenvalue weighted by molar-refractivity contribution is 7.92. The van der Waals surface area contributed by atoms with Crippen molar-refractivity contribution in [3.63, 3.8) is 0 Å². The van der Waals surface area contributed by atoms with Crippen molar-refractivity contribution in [2.45, 2.75) is 23.6 Å². The molecule has 1 aliphatic carbocycles. The highest BCUT2D eigenvalue weighted by Crippen LogP contribution is 2.48. The van der Waals surface area contributed by atoms with Gasteiger partial charge in [0.2, 0.25) is 0 Å². The summed E-state index contributed by atoms with van der Waals surface area (Å²) in [6.45, 7) is 3.65. The van der Waals surface area contributed by atoms with Crippen LogP contribution in [-0.2, 0) is 21.0 Å². The summed E-state index contributed by atoms with van der Waals surface area (Å²) < 4.78 is 58.6. The van der Waals surface area contributed by atoms with Crippen LogP contribution in [0.2, 0.25) is 0 Å². The average molecular weight is 777 g/mol. The molecule has 0 aromatic heterocycles. The number of hydrogen-bond donors (Lipinski definition) is 6. The highest BCUT2D eigenvalue weighted by Gasteiger charge is 2.40. The Morgan fingerprint density at radius 1 is 0.600 bits per heavy atom. The van der Waals surface area contributed by atoms with Crippen LogP contribution in [0.4, 0.5) is 22.7 Å². The monoisotopic (exact) mass is 776 g/mol. The number of benzene rings is 6. The van der Waals surface area contributed by atoms with Crippen molar-refractivity contribution < 1.29 is 41.9 Å². The van der Waals surface area contributed by atoms with Crippen molar-refractivity contribution in [1.29, 1.82) is 0 Å². The maximum absolute atomic E-state index is 14.9. The fraction of sp³-hybridized carbons (Fsp3) is 0.0500. The first-order valence-electron chi connectivity index (χ1n) is 16.5. The van der Waals surface area contributed by atoms with E-state index in [-0.39, 0.29) is 73.3 Å². The van der Waals surface area contributed by atoms with Crippen molar-refractivity contribution >= 4 is 55.3 Å². The molecule has 13 nitrogen and oxygen atoms in total. The highest BCUT2D eigenvalue weighted by atomic mass is 32.2. The number of rotatable bonds is 10. The second kappa shape index (κ2) is 14.2. The predicted molar refractivity (Wildman–Crippen MR) is 208 cm³/mol. The standard InChI is InChI=1S/C40H32N4O9S2/c1-21-3-15-27(16-4-21)54(49)43-29-19-31(52-25-11-7-23(45)8-12-25)37(41)35-33(29)39(47)34-30(44-55(50,51)28-17-5-22(2)6-18-28)20-32(38(42)36(34)40(35)48)53-26-13-9-24(46)10-14-26/h3-20,43-46H,41-42H2,1-2H3. The van der Waals surface area contributed by atoms with Crippen LogP contribution in [0.25, 0.3) is 0 Å². The Balaban J connectivity index is 1.44. The molecule has 7 rings (SSSR count). The van der Waals surface area contributed by atoms with Gasteiger partial charge in [-0.05, 0) is 86.6 Å². The molecule has 1 aliphatic rings. The maximum Gasteiger partial charge on any atom is 0.261 e. The molecule has 8 N–H and O–H groups in total. The van der Waals surface area contributed by atoms with E-state index in [9.17, 15) is 32.4 Å². The van der Waals surface area contributed by atoms with Gasteiger partial charge in [-0.2, -0.15) is 0 Å². The number of hydrogen-bond acceptors (Lipinski definition) is 11. The van der Waals surface area contributed by atoms with Gasteiger partial charge in [0.05, 0.1) is 54.8 Å². The molecule has 55 heavy (non-hydrogen) atoms. The van der Waals surface area contributed by atoms with E-state index in [1.165, 1.54) is 72.8 Å². The second-order valence-electron chi connectivity index (χ2n) is 12.6. The summed E-state index contributed by atoms with van der Waals surface area (Å²) in [5.41, 5.74) is 12.4. The number of fused-ring (bicyclic) bond motifs is 2. The molecule has 1 atom stereocenters. The van der Waals surface area contributed by atoms with Crippen LogP contribution in [0.15, 0.2) is 119 Å². The third-order valence-corrected chi connectivity index (χ3v) is 11.2. The van der Waals surface area contributed by atoms with Gasteiger partial charge in [0, 0.05) is 12.1 Å². The van der Waals surface area contributed by atoms with Gasteiger partial charge in [-0.15, -0.1) is 0 Å². The molecule has 15 heteroatoms. The molecule has 0 aliphatic heterocycles. The first-order chi connectivity index (χ1) is 26.2. The van der Waals surface area contributed by atoms with E-state index in [0.29, 0.717) is 4.90 Å². The number of aryl methyl sites for hydroxylation is 2. The zero-order chi connectivity index (χ0) is 39.2. The lowest BCUT2D eigenvalue weighted by atomic mass is 9.80. The Hall–Kier alpha value is -6.84. The second-order valence-corrected chi connectivity index (χ2v) is 15.5. The summed E-state index contributed by atoms with van der Waals surface area (Å²) in [5, 5.41) is 19.6. The third kappa shape index (κ3) is 7.13. The van der Waals surface area contributed by atoms with Crippen molar-refractivity contribution in [3.8, 4) is 34.5 Å². The Labute approximate surface area is 317 Å². The van der Waals surface area contributed by atoms with E-state index in [1.54, 1.807) is 43.3 Å². The van der Waals surface area contributed by atoms with E-state index in [0.717, 1.165) is 11.1 Å². The van der Waals surface area contributed by atoms with Gasteiger partial charge in [0.25, 0.3) is 10.0 Å². The minimum absolute atomic E-state index is 0.0337. The average Bonchev–Trinajstić information content (AvgIpc) is 3.15. The molecular formula is C40H32N4O9S2. The van der Waals surface area contributed by atoms with Crippen molar-refractivity contribution in [2.24, 2.45) is 0 Å². The molecular weight excluding hydrogens is 745 g/mol. The molecule has 0 radical (unpaired) electrons. The fourth-order valence-electron chi connectivity index (χ4n) is 5.89. The van der Waals surface area contributed by atoms with Crippen LogP contribution < -0.4 is 30.4 Å². The number of carbonyl (C=O) groups is 2. The Morgan fingerprint density at radius 2 is 1.02 bits per heavy atom. The largest absolute Gasteiger partial charge is 0.508 e. The molecule has 0 heterocycles. The van der Waals surface area contributed by atoms with Crippen LogP contribution >= 0.6 is 0 Å². The minimum Gasteiger partial charge on any atom is -0.508 e. The number of nitrogens with two attached hydrogens (primary N) is 2. The molecule has 6 aromatic rings. The molecule has 0 fully saturated rings. The molecule has 0 spiro atoms. The van der Waals surface area contributed by atoms with Crippen molar-refractivity contribution in [2.75, 3.05) is 20.9 Å². The fourth-order valence-corrected chi connectivity index (χ4v) is 7.82. The van der Waals surface area contributed by atoms with E-state index >= 15 is 0 Å². The normalized spacial score (nSPS) is 12.7. The van der Waals surface area contributed by atoms with E-state index < -0.39 is 43.7 Å². The molecule has 1 unspecified atom stereocenters. The number of phenolic OH excluding ortho intramolecular Hbond substituents is 2. The lowest BCUT2D eigenvalue weighted by Crippen LogP contribution is -2.28. The zero-order valence-electron chi connectivity index (χ0n) is 29.1. The number of carbonyl (C=O) groups excluding carboxylic acids is 2. The number of ether oxygens (including phenoxy) is 2. The van der Waals surface area contributed by atoms with E-state index in [4.69, 9.17) is 20.9 Å². The summed E-state index contributed by atoms with van der Waals surface area (Å²) in [6, 6.07) is 26.4. The van der Waals surface area contributed by atoms with Gasteiger partial charge in [-0.25, -0.2) is 12.6 Å². The van der Waals surface area contributed by atoms with Crippen molar-refractivity contribution in [1.82, 2.24) is 0 Å². The van der Waals surface area contributed by atoms with Gasteiger partial charge in [0.1, 0.15) is 34.0 Å². The molecule has 0 bridgehead atoms. The van der Waals surface area contributed by atoms with E-state index in [2.05, 4.69) is 9.44 Å². The van der Waals surface area contributed by atoms with Gasteiger partial charge >= 0.3 is 0 Å². The number of sulfonamides is 1. The molecule has 0 saturated carbocycles. The van der Waals surface area contributed by atoms with E-state index in [1.807, 2.05) is 6.92 Å². The SMILES string of the molecule is Cc1ccc(S(=O)Nc2cc(Oc3ccc(O)cc3)c(N)c3c2C(=O)c2c(NS(=O)(=O)c4ccc(C)cc4)cc(Oc4ccc(O)cc4)c(N)c2C3=O)cc1. The quantitative estimate of drug-likeness (QED) is 0.0764. The first-order valence-corrected chi connectivity index (χ1v) is 19.1. The van der Waals surface area contributed by atoms with Crippen LogP contribution in [-0.4, -0.2) is 34.4 Å². The van der Waals surface area contributed by atoms with Gasteiger partial charge < -0.3 is 35.9 Å². The van der Waals surface area contributed by atoms with Gasteiger partial charge in [-0.3, -0.25) is 14.3 Å². The molecule has 278 valence electrons. The Kier molecular flexibility index (Phi) is 9.42.